The smallest absolute Gasteiger partial charge is 0.251 e. The van der Waals surface area contributed by atoms with E-state index in [0.29, 0.717) is 30.9 Å². The number of hydrogen-bond donors (Lipinski definition) is 1. The monoisotopic (exact) mass is 365 g/mol. The van der Waals surface area contributed by atoms with Gasteiger partial charge in [-0.3, -0.25) is 9.69 Å². The Morgan fingerprint density at radius 1 is 1.42 bits per heavy atom. The first-order valence-electron chi connectivity index (χ1n) is 9.06. The molecule has 4 atom stereocenters. The Kier molecular flexibility index (Phi) is 3.27. The van der Waals surface area contributed by atoms with Crippen LogP contribution in [0.15, 0.2) is 12.1 Å². The molecule has 0 aromatic heterocycles. The van der Waals surface area contributed by atoms with Crippen LogP contribution in [0.2, 0.25) is 0 Å². The molecule has 140 valence electrons. The Morgan fingerprint density at radius 3 is 2.96 bits per heavy atom. The third-order valence-corrected chi connectivity index (χ3v) is 6.95. The summed E-state index contributed by atoms with van der Waals surface area (Å²) in [4.78, 5) is 14.4. The van der Waals surface area contributed by atoms with Crippen LogP contribution >= 0.6 is 0 Å². The van der Waals surface area contributed by atoms with Gasteiger partial charge < -0.3 is 14.6 Å². The molecule has 5 nitrogen and oxygen atoms in total. The lowest BCUT2D eigenvalue weighted by molar-refractivity contribution is -0.191. The number of benzene rings is 1. The lowest BCUT2D eigenvalue weighted by Gasteiger charge is -2.62. The van der Waals surface area contributed by atoms with Gasteiger partial charge in [-0.25, -0.2) is 8.78 Å². The predicted molar refractivity (Wildman–Crippen MR) is 88.0 cm³/mol. The lowest BCUT2D eigenvalue weighted by atomic mass is 9.49. The van der Waals surface area contributed by atoms with Crippen molar-refractivity contribution in [3.8, 4) is 11.5 Å². The number of carbonyl (C=O) groups is 1. The number of methoxy groups -OCH3 is 1. The Hall–Kier alpha value is -1.73. The van der Waals surface area contributed by atoms with E-state index in [-0.39, 0.29) is 25.2 Å². The highest BCUT2D eigenvalue weighted by Gasteiger charge is 2.73. The van der Waals surface area contributed by atoms with Gasteiger partial charge in [0.05, 0.1) is 24.7 Å². The molecule has 2 aliphatic heterocycles. The zero-order valence-corrected chi connectivity index (χ0v) is 14.5. The van der Waals surface area contributed by atoms with Crippen LogP contribution in [0.25, 0.3) is 0 Å². The number of hydrogen-bond acceptors (Lipinski definition) is 5. The van der Waals surface area contributed by atoms with Crippen LogP contribution in [0.1, 0.15) is 30.4 Å². The fraction of sp³-hybridized carbons (Fsp3) is 0.632. The molecule has 2 aliphatic carbocycles. The molecule has 1 N–H and O–H groups in total. The van der Waals surface area contributed by atoms with Gasteiger partial charge in [0.1, 0.15) is 0 Å². The molecule has 1 aromatic rings. The first-order valence-corrected chi connectivity index (χ1v) is 9.06. The van der Waals surface area contributed by atoms with Crippen molar-refractivity contribution >= 4 is 5.78 Å². The van der Waals surface area contributed by atoms with Crippen LogP contribution in [0.4, 0.5) is 8.78 Å². The minimum Gasteiger partial charge on any atom is -0.493 e. The maximum Gasteiger partial charge on any atom is 0.251 e. The maximum absolute atomic E-state index is 13.1. The molecule has 7 heteroatoms. The molecule has 1 saturated heterocycles. The highest BCUT2D eigenvalue weighted by Crippen LogP contribution is 2.64. The van der Waals surface area contributed by atoms with Crippen molar-refractivity contribution in [1.82, 2.24) is 4.90 Å². The fourth-order valence-corrected chi connectivity index (χ4v) is 5.96. The van der Waals surface area contributed by atoms with E-state index in [4.69, 9.17) is 9.47 Å². The summed E-state index contributed by atoms with van der Waals surface area (Å²) in [5, 5.41) is 11.8. The van der Waals surface area contributed by atoms with Gasteiger partial charge in [-0.2, -0.15) is 0 Å². The minimum absolute atomic E-state index is 0.0261. The van der Waals surface area contributed by atoms with Gasteiger partial charge in [0.15, 0.2) is 23.4 Å². The first-order chi connectivity index (χ1) is 12.4. The van der Waals surface area contributed by atoms with Crippen LogP contribution in [0, 0.1) is 0 Å². The van der Waals surface area contributed by atoms with E-state index >= 15 is 0 Å². The molecule has 26 heavy (non-hydrogen) atoms. The SMILES string of the molecule is COc1ccc2c3c1O[C@H]1C(=O)CC[C@@]4(O)[C@@H](C2)N(CC(F)F)CC[C@]314. The number of ether oxygens (including phenoxy) is 2. The van der Waals surface area contributed by atoms with Gasteiger partial charge >= 0.3 is 0 Å². The number of piperidine rings is 1. The van der Waals surface area contributed by atoms with Crippen molar-refractivity contribution in [2.24, 2.45) is 0 Å². The molecule has 0 amide bonds. The van der Waals surface area contributed by atoms with Crippen LogP contribution < -0.4 is 9.47 Å². The van der Waals surface area contributed by atoms with Crippen LogP contribution in [-0.4, -0.2) is 60.2 Å². The van der Waals surface area contributed by atoms with Crippen molar-refractivity contribution in [1.29, 1.82) is 0 Å². The van der Waals surface area contributed by atoms with Crippen molar-refractivity contribution in [2.75, 3.05) is 20.2 Å². The summed E-state index contributed by atoms with van der Waals surface area (Å²) in [5.74, 6) is 1.07. The van der Waals surface area contributed by atoms with E-state index in [1.165, 1.54) is 0 Å². The molecule has 2 bridgehead atoms. The van der Waals surface area contributed by atoms with Crippen molar-refractivity contribution in [3.05, 3.63) is 23.3 Å². The van der Waals surface area contributed by atoms with Gasteiger partial charge in [0.25, 0.3) is 6.43 Å². The molecule has 2 heterocycles. The second-order valence-electron chi connectivity index (χ2n) is 7.85. The van der Waals surface area contributed by atoms with E-state index in [2.05, 4.69) is 0 Å². The fourth-order valence-electron chi connectivity index (χ4n) is 5.96. The normalized spacial score (nSPS) is 37.5. The standard InChI is InChI=1S/C19H21F2NO4/c1-25-12-3-2-10-8-13-19(24)5-4-11(23)17-18(19,15(10)16(12)26-17)6-7-22(13)9-14(20)21/h2-3,13-14,17,24H,4-9H2,1H3/t13-,17+,18+,19-/m1/s1. The number of nitrogens with zero attached hydrogens (tertiary/aromatic N) is 1. The maximum atomic E-state index is 13.1. The van der Waals surface area contributed by atoms with E-state index < -0.39 is 29.6 Å². The van der Waals surface area contributed by atoms with E-state index in [9.17, 15) is 18.7 Å². The summed E-state index contributed by atoms with van der Waals surface area (Å²) in [6.45, 7) is 0.0570. The predicted octanol–water partition coefficient (Wildman–Crippen LogP) is 1.68. The Morgan fingerprint density at radius 2 is 2.23 bits per heavy atom. The quantitative estimate of drug-likeness (QED) is 0.883. The number of halogens is 2. The largest absolute Gasteiger partial charge is 0.493 e. The third-order valence-electron chi connectivity index (χ3n) is 6.95. The summed E-state index contributed by atoms with van der Waals surface area (Å²) in [6, 6.07) is 3.28. The third kappa shape index (κ3) is 1.73. The Balaban J connectivity index is 1.74. The number of ketones is 1. The molecule has 1 saturated carbocycles. The number of aliphatic hydroxyl groups is 1. The van der Waals surface area contributed by atoms with Gasteiger partial charge in [-0.15, -0.1) is 0 Å². The minimum atomic E-state index is -2.46. The molecule has 1 spiro atoms. The summed E-state index contributed by atoms with van der Waals surface area (Å²) in [6.07, 6.45) is -1.83. The van der Waals surface area contributed by atoms with Crippen molar-refractivity contribution < 1.29 is 28.2 Å². The van der Waals surface area contributed by atoms with Crippen LogP contribution in [0.5, 0.6) is 11.5 Å². The molecule has 4 aliphatic rings. The number of likely N-dealkylation sites (tertiary alicyclic amines) is 1. The molecule has 0 unspecified atom stereocenters. The summed E-state index contributed by atoms with van der Waals surface area (Å²) in [7, 11) is 1.55. The molecular weight excluding hydrogens is 344 g/mol. The van der Waals surface area contributed by atoms with E-state index in [1.54, 1.807) is 18.1 Å². The highest BCUT2D eigenvalue weighted by atomic mass is 19.3. The molecular formula is C19H21F2NO4. The zero-order chi connectivity index (χ0) is 18.3. The number of carbonyl (C=O) groups excluding carboxylic acids is 1. The van der Waals surface area contributed by atoms with Crippen molar-refractivity contribution in [2.45, 2.75) is 55.3 Å². The number of Topliss-reactive ketones (excluding diaryl/α,β-unsaturated/α-hetero) is 1. The summed E-state index contributed by atoms with van der Waals surface area (Å²) >= 11 is 0. The van der Waals surface area contributed by atoms with Crippen LogP contribution in [0.3, 0.4) is 0 Å². The Bertz CT molecular complexity index is 800. The molecule has 5 rings (SSSR count). The van der Waals surface area contributed by atoms with Crippen LogP contribution in [-0.2, 0) is 16.6 Å². The van der Waals surface area contributed by atoms with E-state index in [0.717, 1.165) is 11.1 Å². The van der Waals surface area contributed by atoms with E-state index in [1.807, 2.05) is 6.07 Å². The second-order valence-corrected chi connectivity index (χ2v) is 7.85. The van der Waals surface area contributed by atoms with Gasteiger partial charge in [0, 0.05) is 18.0 Å². The van der Waals surface area contributed by atoms with Crippen molar-refractivity contribution in [3.63, 3.8) is 0 Å². The second kappa shape index (κ2) is 5.16. The average Bonchev–Trinajstić information content (AvgIpc) is 2.95. The molecule has 1 aromatic carbocycles. The van der Waals surface area contributed by atoms with Gasteiger partial charge in [0.2, 0.25) is 0 Å². The Labute approximate surface area is 149 Å². The number of rotatable bonds is 3. The first kappa shape index (κ1) is 16.4. The molecule has 2 fully saturated rings. The van der Waals surface area contributed by atoms with Gasteiger partial charge in [-0.1, -0.05) is 6.07 Å². The highest BCUT2D eigenvalue weighted by molar-refractivity contribution is 5.90. The zero-order valence-electron chi connectivity index (χ0n) is 14.5. The van der Waals surface area contributed by atoms with Gasteiger partial charge in [-0.05, 0) is 37.4 Å². The summed E-state index contributed by atoms with van der Waals surface area (Å²) < 4.78 is 37.8. The number of alkyl halides is 2. The summed E-state index contributed by atoms with van der Waals surface area (Å²) in [5.41, 5.74) is -0.274. The molecule has 0 radical (unpaired) electrons. The topological polar surface area (TPSA) is 59.0 Å². The lowest BCUT2D eigenvalue weighted by Crippen LogP contribution is -2.76. The average molecular weight is 365 g/mol.